The molecule has 0 unspecified atom stereocenters. The van der Waals surface area contributed by atoms with Gasteiger partial charge in [0.15, 0.2) is 11.0 Å². The van der Waals surface area contributed by atoms with Crippen molar-refractivity contribution in [3.05, 3.63) is 64.7 Å². The zero-order valence-corrected chi connectivity index (χ0v) is 20.0. The first-order chi connectivity index (χ1) is 15.2. The molecule has 2 N–H and O–H groups in total. The van der Waals surface area contributed by atoms with E-state index in [4.69, 9.17) is 11.6 Å². The summed E-state index contributed by atoms with van der Waals surface area (Å²) in [4.78, 5) is 24.3. The van der Waals surface area contributed by atoms with Gasteiger partial charge in [-0.2, -0.15) is 0 Å². The molecule has 7 nitrogen and oxygen atoms in total. The van der Waals surface area contributed by atoms with Crippen LogP contribution in [0.4, 0.5) is 0 Å². The molecule has 0 radical (unpaired) electrons. The van der Waals surface area contributed by atoms with E-state index in [0.717, 1.165) is 11.4 Å². The predicted molar refractivity (Wildman–Crippen MR) is 128 cm³/mol. The van der Waals surface area contributed by atoms with Crippen molar-refractivity contribution in [1.29, 1.82) is 0 Å². The Morgan fingerprint density at radius 3 is 2.25 bits per heavy atom. The molecule has 3 rings (SSSR count). The maximum absolute atomic E-state index is 12.2. The van der Waals surface area contributed by atoms with Crippen molar-refractivity contribution >= 4 is 35.2 Å². The van der Waals surface area contributed by atoms with E-state index in [9.17, 15) is 9.59 Å². The van der Waals surface area contributed by atoms with Crippen molar-refractivity contribution in [3.63, 3.8) is 0 Å². The second-order valence-electron chi connectivity index (χ2n) is 8.18. The number of hydrogen-bond acceptors (Lipinski definition) is 5. The third-order valence-corrected chi connectivity index (χ3v) is 6.02. The Morgan fingerprint density at radius 2 is 1.66 bits per heavy atom. The van der Waals surface area contributed by atoms with E-state index in [1.165, 1.54) is 17.3 Å². The number of amides is 2. The molecular formula is C23H26ClN5O2S. The molecule has 0 atom stereocenters. The van der Waals surface area contributed by atoms with E-state index < -0.39 is 5.91 Å². The SMILES string of the molecule is CCn1c(SCC(=O)NNC(=O)c2ccc(Cl)cc2)nnc1-c1ccc(C(C)(C)C)cc1. The Balaban J connectivity index is 1.59. The summed E-state index contributed by atoms with van der Waals surface area (Å²) in [6.07, 6.45) is 0. The smallest absolute Gasteiger partial charge is 0.269 e. The molecule has 9 heteroatoms. The minimum absolute atomic E-state index is 0.0777. The second-order valence-corrected chi connectivity index (χ2v) is 9.55. The quantitative estimate of drug-likeness (QED) is 0.409. The lowest BCUT2D eigenvalue weighted by Gasteiger charge is -2.19. The topological polar surface area (TPSA) is 88.9 Å². The maximum atomic E-state index is 12.2. The number of hydrazine groups is 1. The first-order valence-electron chi connectivity index (χ1n) is 10.2. The van der Waals surface area contributed by atoms with Crippen molar-refractivity contribution in [2.24, 2.45) is 0 Å². The van der Waals surface area contributed by atoms with Gasteiger partial charge in [-0.25, -0.2) is 0 Å². The molecule has 0 saturated heterocycles. The fourth-order valence-corrected chi connectivity index (χ4v) is 3.91. The molecule has 0 fully saturated rings. The minimum Gasteiger partial charge on any atom is -0.302 e. The standard InChI is InChI=1S/C23H26ClN5O2S/c1-5-29-20(15-6-10-17(11-7-15)23(2,3)4)26-28-22(29)32-14-19(30)25-27-21(31)16-8-12-18(24)13-9-16/h6-13H,5,14H2,1-4H3,(H,25,30)(H,27,31). The molecule has 0 aliphatic heterocycles. The van der Waals surface area contributed by atoms with E-state index in [2.05, 4.69) is 54.0 Å². The lowest BCUT2D eigenvalue weighted by molar-refractivity contribution is -0.119. The van der Waals surface area contributed by atoms with Gasteiger partial charge in [0.25, 0.3) is 5.91 Å². The van der Waals surface area contributed by atoms with Gasteiger partial charge in [0.2, 0.25) is 5.91 Å². The highest BCUT2D eigenvalue weighted by atomic mass is 35.5. The third-order valence-electron chi connectivity index (χ3n) is 4.80. The van der Waals surface area contributed by atoms with Crippen LogP contribution in [0.15, 0.2) is 53.7 Å². The van der Waals surface area contributed by atoms with Crippen LogP contribution in [0.2, 0.25) is 5.02 Å². The van der Waals surface area contributed by atoms with E-state index in [1.54, 1.807) is 24.3 Å². The highest BCUT2D eigenvalue weighted by Crippen LogP contribution is 2.27. The Kier molecular flexibility index (Phi) is 7.58. The molecule has 2 amide bonds. The monoisotopic (exact) mass is 471 g/mol. The first kappa shape index (κ1) is 23.8. The van der Waals surface area contributed by atoms with E-state index in [1.807, 2.05) is 23.6 Å². The Morgan fingerprint density at radius 1 is 1.00 bits per heavy atom. The average Bonchev–Trinajstić information content (AvgIpc) is 3.19. The summed E-state index contributed by atoms with van der Waals surface area (Å²) in [6, 6.07) is 14.7. The van der Waals surface area contributed by atoms with Crippen LogP contribution in [-0.4, -0.2) is 32.3 Å². The summed E-state index contributed by atoms with van der Waals surface area (Å²) >= 11 is 7.08. The molecule has 0 aliphatic rings. The molecule has 0 aliphatic carbocycles. The van der Waals surface area contributed by atoms with Crippen LogP contribution in [-0.2, 0) is 16.8 Å². The van der Waals surface area contributed by atoms with Gasteiger partial charge in [-0.3, -0.25) is 20.4 Å². The van der Waals surface area contributed by atoms with Crippen molar-refractivity contribution in [1.82, 2.24) is 25.6 Å². The first-order valence-corrected chi connectivity index (χ1v) is 11.6. The van der Waals surface area contributed by atoms with Gasteiger partial charge in [-0.15, -0.1) is 10.2 Å². The molecule has 168 valence electrons. The number of benzene rings is 2. The molecule has 0 saturated carbocycles. The Labute approximate surface area is 196 Å². The zero-order valence-electron chi connectivity index (χ0n) is 18.5. The second kappa shape index (κ2) is 10.2. The fourth-order valence-electron chi connectivity index (χ4n) is 2.98. The number of carbonyl (C=O) groups is 2. The third kappa shape index (κ3) is 5.89. The van der Waals surface area contributed by atoms with Crippen LogP contribution < -0.4 is 10.9 Å². The lowest BCUT2D eigenvalue weighted by Crippen LogP contribution is -2.42. The summed E-state index contributed by atoms with van der Waals surface area (Å²) in [7, 11) is 0. The summed E-state index contributed by atoms with van der Waals surface area (Å²) < 4.78 is 1.97. The lowest BCUT2D eigenvalue weighted by atomic mass is 9.87. The fraction of sp³-hybridized carbons (Fsp3) is 0.304. The van der Waals surface area contributed by atoms with Crippen LogP contribution in [0.1, 0.15) is 43.6 Å². The predicted octanol–water partition coefficient (Wildman–Crippen LogP) is 4.47. The number of nitrogens with one attached hydrogen (secondary N) is 2. The Bertz CT molecular complexity index is 1090. The number of nitrogens with zero attached hydrogens (tertiary/aromatic N) is 3. The number of rotatable bonds is 6. The molecule has 32 heavy (non-hydrogen) atoms. The molecule has 0 bridgehead atoms. The van der Waals surface area contributed by atoms with Gasteiger partial charge < -0.3 is 4.57 Å². The molecule has 0 spiro atoms. The number of thioether (sulfide) groups is 1. The van der Waals surface area contributed by atoms with Gasteiger partial charge in [0.1, 0.15) is 0 Å². The van der Waals surface area contributed by atoms with Crippen LogP contribution >= 0.6 is 23.4 Å². The molecule has 1 heterocycles. The van der Waals surface area contributed by atoms with E-state index >= 15 is 0 Å². The summed E-state index contributed by atoms with van der Waals surface area (Å²) in [5.74, 6) is 0.0748. The van der Waals surface area contributed by atoms with Gasteiger partial charge >= 0.3 is 0 Å². The highest BCUT2D eigenvalue weighted by Gasteiger charge is 2.17. The minimum atomic E-state index is -0.419. The average molecular weight is 472 g/mol. The largest absolute Gasteiger partial charge is 0.302 e. The number of aromatic nitrogens is 3. The summed E-state index contributed by atoms with van der Waals surface area (Å²) in [6.45, 7) is 9.20. The van der Waals surface area contributed by atoms with Crippen molar-refractivity contribution in [3.8, 4) is 11.4 Å². The van der Waals surface area contributed by atoms with Crippen LogP contribution in [0.3, 0.4) is 0 Å². The Hall–Kier alpha value is -2.84. The van der Waals surface area contributed by atoms with Crippen molar-refractivity contribution < 1.29 is 9.59 Å². The van der Waals surface area contributed by atoms with Gasteiger partial charge in [0, 0.05) is 22.7 Å². The summed E-state index contributed by atoms with van der Waals surface area (Å²) in [5, 5.41) is 9.76. The van der Waals surface area contributed by atoms with Crippen molar-refractivity contribution in [2.75, 3.05) is 5.75 Å². The molecular weight excluding hydrogens is 446 g/mol. The number of hydrogen-bond donors (Lipinski definition) is 2. The zero-order chi connectivity index (χ0) is 23.3. The van der Waals surface area contributed by atoms with Gasteiger partial charge in [-0.05, 0) is 42.2 Å². The van der Waals surface area contributed by atoms with Crippen LogP contribution in [0.5, 0.6) is 0 Å². The summed E-state index contributed by atoms with van der Waals surface area (Å²) in [5.41, 5.74) is 7.50. The highest BCUT2D eigenvalue weighted by molar-refractivity contribution is 7.99. The van der Waals surface area contributed by atoms with Crippen LogP contribution in [0, 0.1) is 0 Å². The molecule has 2 aromatic carbocycles. The number of halogens is 1. The van der Waals surface area contributed by atoms with Crippen LogP contribution in [0.25, 0.3) is 11.4 Å². The van der Waals surface area contributed by atoms with E-state index in [0.29, 0.717) is 22.3 Å². The maximum Gasteiger partial charge on any atom is 0.269 e. The van der Waals surface area contributed by atoms with E-state index in [-0.39, 0.29) is 17.1 Å². The van der Waals surface area contributed by atoms with Gasteiger partial charge in [0.05, 0.1) is 5.75 Å². The molecule has 1 aromatic heterocycles. The molecule has 3 aromatic rings. The number of carbonyl (C=O) groups excluding carboxylic acids is 2. The normalized spacial score (nSPS) is 11.3. The van der Waals surface area contributed by atoms with Gasteiger partial charge in [-0.1, -0.05) is 68.4 Å². The van der Waals surface area contributed by atoms with Crippen molar-refractivity contribution in [2.45, 2.75) is 44.8 Å².